The van der Waals surface area contributed by atoms with Gasteiger partial charge in [0.1, 0.15) is 0 Å². The summed E-state index contributed by atoms with van der Waals surface area (Å²) >= 11 is 0. The molecule has 0 amide bonds. The average molecular weight is 196 g/mol. The van der Waals surface area contributed by atoms with Crippen LogP contribution in [-0.2, 0) is 0 Å². The molecular weight excluding hydrogens is 176 g/mol. The van der Waals surface area contributed by atoms with Gasteiger partial charge in [0.15, 0.2) is 0 Å². The smallest absolute Gasteiger partial charge is 0.0518 e. The lowest BCUT2D eigenvalue weighted by molar-refractivity contribution is 0.295. The van der Waals surface area contributed by atoms with E-state index < -0.39 is 0 Å². The number of H-pyrrole nitrogens is 1. The number of likely N-dealkylation sites (N-methyl/N-ethyl adjacent to an activating group) is 1. The molecule has 1 aromatic rings. The second-order valence-corrected chi connectivity index (χ2v) is 3.95. The molecule has 2 N–H and O–H groups in total. The Bertz CT molecular complexity index is 243. The van der Waals surface area contributed by atoms with Gasteiger partial charge in [0.05, 0.1) is 5.69 Å². The van der Waals surface area contributed by atoms with Crippen molar-refractivity contribution < 1.29 is 0 Å². The molecule has 0 spiro atoms. The molecule has 1 rings (SSSR count). The Morgan fingerprint density at radius 3 is 2.71 bits per heavy atom. The Kier molecular flexibility index (Phi) is 4.10. The fraction of sp³-hybridized carbons (Fsp3) is 0.700. The van der Waals surface area contributed by atoms with Crippen LogP contribution in [0.15, 0.2) is 12.3 Å². The molecule has 14 heavy (non-hydrogen) atoms. The number of hydrogen-bond acceptors (Lipinski definition) is 3. The van der Waals surface area contributed by atoms with Crippen LogP contribution in [0, 0.1) is 0 Å². The first-order valence-electron chi connectivity index (χ1n) is 5.00. The lowest BCUT2D eigenvalue weighted by atomic mass is 10.2. The van der Waals surface area contributed by atoms with Crippen LogP contribution in [0.5, 0.6) is 0 Å². The van der Waals surface area contributed by atoms with E-state index in [1.807, 2.05) is 6.07 Å². The third kappa shape index (κ3) is 3.12. The largest absolute Gasteiger partial charge is 0.307 e. The number of hydrogen-bond donors (Lipinski definition) is 2. The summed E-state index contributed by atoms with van der Waals surface area (Å²) < 4.78 is 0. The maximum Gasteiger partial charge on any atom is 0.0518 e. The normalized spacial score (nSPS) is 15.8. The summed E-state index contributed by atoms with van der Waals surface area (Å²) in [6.07, 6.45) is 1.78. The number of nitrogens with one attached hydrogen (secondary N) is 2. The van der Waals surface area contributed by atoms with E-state index in [1.165, 1.54) is 0 Å². The molecule has 2 unspecified atom stereocenters. The fourth-order valence-electron chi connectivity index (χ4n) is 1.15. The van der Waals surface area contributed by atoms with Gasteiger partial charge in [-0.15, -0.1) is 0 Å². The summed E-state index contributed by atoms with van der Waals surface area (Å²) in [6, 6.07) is 2.87. The van der Waals surface area contributed by atoms with Crippen LogP contribution in [0.25, 0.3) is 0 Å². The fourth-order valence-corrected chi connectivity index (χ4v) is 1.15. The van der Waals surface area contributed by atoms with Crippen molar-refractivity contribution in [3.63, 3.8) is 0 Å². The van der Waals surface area contributed by atoms with Crippen molar-refractivity contribution in [1.82, 2.24) is 20.4 Å². The molecular formula is C10H20N4. The van der Waals surface area contributed by atoms with E-state index in [2.05, 4.69) is 48.4 Å². The zero-order valence-corrected chi connectivity index (χ0v) is 9.41. The van der Waals surface area contributed by atoms with E-state index in [0.29, 0.717) is 12.1 Å². The monoisotopic (exact) mass is 196 g/mol. The van der Waals surface area contributed by atoms with Crippen molar-refractivity contribution in [2.75, 3.05) is 20.6 Å². The predicted molar refractivity (Wildman–Crippen MR) is 58.2 cm³/mol. The van der Waals surface area contributed by atoms with Crippen LogP contribution in [0.4, 0.5) is 0 Å². The van der Waals surface area contributed by atoms with Gasteiger partial charge in [0, 0.05) is 24.8 Å². The van der Waals surface area contributed by atoms with Crippen molar-refractivity contribution >= 4 is 0 Å². The minimum atomic E-state index is 0.333. The van der Waals surface area contributed by atoms with Crippen LogP contribution in [-0.4, -0.2) is 41.8 Å². The van der Waals surface area contributed by atoms with Crippen LogP contribution in [0.2, 0.25) is 0 Å². The van der Waals surface area contributed by atoms with E-state index in [4.69, 9.17) is 0 Å². The van der Waals surface area contributed by atoms with Crippen molar-refractivity contribution in [3.05, 3.63) is 18.0 Å². The zero-order valence-electron chi connectivity index (χ0n) is 9.41. The summed E-state index contributed by atoms with van der Waals surface area (Å²) in [5, 5.41) is 10.3. The standard InChI is InChI=1S/C10H20N4/c1-8(14(3)4)7-11-9(2)10-5-6-12-13-10/h5-6,8-9,11H,7H2,1-4H3,(H,12,13). The van der Waals surface area contributed by atoms with Gasteiger partial charge in [-0.05, 0) is 34.0 Å². The van der Waals surface area contributed by atoms with Gasteiger partial charge in [0.2, 0.25) is 0 Å². The van der Waals surface area contributed by atoms with Gasteiger partial charge in [-0.25, -0.2) is 0 Å². The summed E-state index contributed by atoms with van der Waals surface area (Å²) in [4.78, 5) is 2.20. The molecule has 2 atom stereocenters. The first-order valence-corrected chi connectivity index (χ1v) is 5.00. The molecule has 0 aromatic carbocycles. The molecule has 80 valence electrons. The van der Waals surface area contributed by atoms with Crippen molar-refractivity contribution in [2.45, 2.75) is 25.9 Å². The van der Waals surface area contributed by atoms with Gasteiger partial charge in [-0.1, -0.05) is 0 Å². The third-order valence-electron chi connectivity index (χ3n) is 2.59. The van der Waals surface area contributed by atoms with Crippen molar-refractivity contribution in [1.29, 1.82) is 0 Å². The first kappa shape index (κ1) is 11.2. The number of rotatable bonds is 5. The molecule has 4 nitrogen and oxygen atoms in total. The highest BCUT2D eigenvalue weighted by Gasteiger charge is 2.09. The summed E-state index contributed by atoms with van der Waals surface area (Å²) in [6.45, 7) is 5.32. The van der Waals surface area contributed by atoms with Crippen LogP contribution in [0.3, 0.4) is 0 Å². The van der Waals surface area contributed by atoms with Gasteiger partial charge in [-0.3, -0.25) is 5.10 Å². The Morgan fingerprint density at radius 1 is 1.50 bits per heavy atom. The Balaban J connectivity index is 2.32. The van der Waals surface area contributed by atoms with Gasteiger partial charge >= 0.3 is 0 Å². The molecule has 1 aromatic heterocycles. The van der Waals surface area contributed by atoms with Crippen LogP contribution in [0.1, 0.15) is 25.6 Å². The molecule has 1 heterocycles. The van der Waals surface area contributed by atoms with Gasteiger partial charge in [0.25, 0.3) is 0 Å². The van der Waals surface area contributed by atoms with E-state index in [1.54, 1.807) is 6.20 Å². The summed E-state index contributed by atoms with van der Waals surface area (Å²) in [7, 11) is 4.18. The molecule has 0 aliphatic heterocycles. The van der Waals surface area contributed by atoms with E-state index in [9.17, 15) is 0 Å². The van der Waals surface area contributed by atoms with Gasteiger partial charge in [-0.2, -0.15) is 5.10 Å². The molecule has 0 radical (unpaired) electrons. The summed E-state index contributed by atoms with van der Waals surface area (Å²) in [5.74, 6) is 0. The molecule has 0 aliphatic rings. The number of aromatic nitrogens is 2. The average Bonchev–Trinajstić information content (AvgIpc) is 2.66. The predicted octanol–water partition coefficient (Wildman–Crippen LogP) is 1.01. The van der Waals surface area contributed by atoms with Gasteiger partial charge < -0.3 is 10.2 Å². The molecule has 0 saturated heterocycles. The first-order chi connectivity index (χ1) is 6.61. The molecule has 0 saturated carbocycles. The Morgan fingerprint density at radius 2 is 2.21 bits per heavy atom. The topological polar surface area (TPSA) is 44.0 Å². The SMILES string of the molecule is CC(NCC(C)N(C)C)c1ccn[nH]1. The van der Waals surface area contributed by atoms with E-state index in [-0.39, 0.29) is 0 Å². The quantitative estimate of drug-likeness (QED) is 0.738. The van der Waals surface area contributed by atoms with Crippen LogP contribution >= 0.6 is 0 Å². The van der Waals surface area contributed by atoms with E-state index >= 15 is 0 Å². The van der Waals surface area contributed by atoms with Crippen LogP contribution < -0.4 is 5.32 Å². The summed E-state index contributed by atoms with van der Waals surface area (Å²) in [5.41, 5.74) is 1.14. The van der Waals surface area contributed by atoms with E-state index in [0.717, 1.165) is 12.2 Å². The number of aromatic amines is 1. The highest BCUT2D eigenvalue weighted by Crippen LogP contribution is 2.07. The zero-order chi connectivity index (χ0) is 10.6. The molecule has 0 aliphatic carbocycles. The second kappa shape index (κ2) is 5.12. The lowest BCUT2D eigenvalue weighted by Crippen LogP contribution is -2.36. The third-order valence-corrected chi connectivity index (χ3v) is 2.59. The minimum absolute atomic E-state index is 0.333. The number of nitrogens with zero attached hydrogens (tertiary/aromatic N) is 2. The molecule has 0 bridgehead atoms. The van der Waals surface area contributed by atoms with Crippen molar-refractivity contribution in [3.8, 4) is 0 Å². The second-order valence-electron chi connectivity index (χ2n) is 3.95. The maximum absolute atomic E-state index is 3.93. The molecule has 0 fully saturated rings. The Labute approximate surface area is 85.7 Å². The highest BCUT2D eigenvalue weighted by molar-refractivity contribution is 5.02. The lowest BCUT2D eigenvalue weighted by Gasteiger charge is -2.22. The maximum atomic E-state index is 3.93. The Hall–Kier alpha value is -0.870. The van der Waals surface area contributed by atoms with Crippen molar-refractivity contribution in [2.24, 2.45) is 0 Å². The highest BCUT2D eigenvalue weighted by atomic mass is 15.1. The minimum Gasteiger partial charge on any atom is -0.307 e. The molecule has 4 heteroatoms.